The molecule has 0 atom stereocenters. The van der Waals surface area contributed by atoms with Crippen molar-refractivity contribution < 1.29 is 4.42 Å². The number of aryl methyl sites for hydroxylation is 1. The van der Waals surface area contributed by atoms with E-state index in [1.165, 1.54) is 10.6 Å². The molecule has 0 aliphatic heterocycles. The summed E-state index contributed by atoms with van der Waals surface area (Å²) in [6.07, 6.45) is 1.57. The minimum Gasteiger partial charge on any atom is -0.415 e. The fraction of sp³-hybridized carbons (Fsp3) is 0.250. The van der Waals surface area contributed by atoms with Crippen LogP contribution in [0.4, 0.5) is 0 Å². The van der Waals surface area contributed by atoms with Gasteiger partial charge in [-0.15, -0.1) is 10.2 Å². The number of rotatable bonds is 6. The minimum absolute atomic E-state index is 0.178. The van der Waals surface area contributed by atoms with Crippen molar-refractivity contribution in [1.82, 2.24) is 30.0 Å². The molecule has 0 fully saturated rings. The standard InChI is InChI=1S/C24H23N7O2/c1-14(2)31-20(11-25)18(9-10-21(31)32)19-13-27-15(3)22(28-19)24-30-29-23(33-24)17-7-5-16(6-8-17)12-26-4/h5-10,13-14,26H,12H2,1-4H3. The summed E-state index contributed by atoms with van der Waals surface area (Å²) in [5.41, 5.74) is 3.91. The highest BCUT2D eigenvalue weighted by Crippen LogP contribution is 2.28. The lowest BCUT2D eigenvalue weighted by atomic mass is 10.1. The second-order valence-electron chi connectivity index (χ2n) is 7.84. The molecule has 33 heavy (non-hydrogen) atoms. The van der Waals surface area contributed by atoms with Crippen LogP contribution in [0.15, 0.2) is 51.8 Å². The Labute approximate surface area is 190 Å². The van der Waals surface area contributed by atoms with E-state index < -0.39 is 0 Å². The van der Waals surface area contributed by atoms with E-state index in [2.05, 4.69) is 31.6 Å². The van der Waals surface area contributed by atoms with E-state index in [4.69, 9.17) is 4.42 Å². The van der Waals surface area contributed by atoms with Gasteiger partial charge in [0, 0.05) is 29.8 Å². The molecule has 9 nitrogen and oxygen atoms in total. The second kappa shape index (κ2) is 9.14. The molecule has 0 bridgehead atoms. The molecule has 0 amide bonds. The predicted molar refractivity (Wildman–Crippen MR) is 123 cm³/mol. The minimum atomic E-state index is -0.243. The number of benzene rings is 1. The maximum absolute atomic E-state index is 12.3. The van der Waals surface area contributed by atoms with Gasteiger partial charge in [0.1, 0.15) is 17.5 Å². The average molecular weight is 441 g/mol. The maximum Gasteiger partial charge on any atom is 0.268 e. The van der Waals surface area contributed by atoms with Crippen LogP contribution in [0.3, 0.4) is 0 Å². The van der Waals surface area contributed by atoms with Crippen molar-refractivity contribution in [3.8, 4) is 40.4 Å². The molecule has 3 aromatic heterocycles. The van der Waals surface area contributed by atoms with Crippen LogP contribution < -0.4 is 10.9 Å². The van der Waals surface area contributed by atoms with Crippen LogP contribution in [0.2, 0.25) is 0 Å². The Bertz CT molecular complexity index is 1400. The largest absolute Gasteiger partial charge is 0.415 e. The third kappa shape index (κ3) is 4.29. The fourth-order valence-electron chi connectivity index (χ4n) is 3.57. The molecule has 3 heterocycles. The van der Waals surface area contributed by atoms with E-state index in [9.17, 15) is 10.1 Å². The Morgan fingerprint density at radius 2 is 1.85 bits per heavy atom. The van der Waals surface area contributed by atoms with Crippen molar-refractivity contribution in [2.24, 2.45) is 0 Å². The topological polar surface area (TPSA) is 123 Å². The van der Waals surface area contributed by atoms with Gasteiger partial charge in [-0.3, -0.25) is 14.3 Å². The lowest BCUT2D eigenvalue weighted by Crippen LogP contribution is -2.24. The van der Waals surface area contributed by atoms with Gasteiger partial charge >= 0.3 is 0 Å². The Morgan fingerprint density at radius 1 is 1.12 bits per heavy atom. The van der Waals surface area contributed by atoms with Gasteiger partial charge in [-0.2, -0.15) is 5.26 Å². The van der Waals surface area contributed by atoms with Gasteiger partial charge in [0.2, 0.25) is 5.89 Å². The Balaban J connectivity index is 1.75. The molecular weight excluding hydrogens is 418 g/mol. The molecule has 9 heteroatoms. The summed E-state index contributed by atoms with van der Waals surface area (Å²) in [6.45, 7) is 6.27. The zero-order chi connectivity index (χ0) is 23.5. The van der Waals surface area contributed by atoms with Crippen molar-refractivity contribution in [3.63, 3.8) is 0 Å². The molecule has 0 radical (unpaired) electrons. The highest BCUT2D eigenvalue weighted by atomic mass is 16.4. The summed E-state index contributed by atoms with van der Waals surface area (Å²) in [6, 6.07) is 12.8. The number of hydrogen-bond donors (Lipinski definition) is 1. The highest BCUT2D eigenvalue weighted by molar-refractivity contribution is 5.67. The van der Waals surface area contributed by atoms with Gasteiger partial charge in [0.15, 0.2) is 0 Å². The molecule has 1 aromatic carbocycles. The van der Waals surface area contributed by atoms with Gasteiger partial charge in [-0.1, -0.05) is 12.1 Å². The molecule has 0 saturated carbocycles. The van der Waals surface area contributed by atoms with Crippen LogP contribution in [-0.2, 0) is 6.54 Å². The van der Waals surface area contributed by atoms with Crippen LogP contribution in [0.1, 0.15) is 36.8 Å². The predicted octanol–water partition coefficient (Wildman–Crippen LogP) is 3.50. The molecule has 0 saturated heterocycles. The van der Waals surface area contributed by atoms with E-state index in [-0.39, 0.29) is 23.2 Å². The third-order valence-corrected chi connectivity index (χ3v) is 5.19. The van der Waals surface area contributed by atoms with Gasteiger partial charge in [0.25, 0.3) is 11.4 Å². The molecule has 0 spiro atoms. The number of pyridine rings is 1. The van der Waals surface area contributed by atoms with E-state index >= 15 is 0 Å². The van der Waals surface area contributed by atoms with Crippen molar-refractivity contribution in [2.45, 2.75) is 33.4 Å². The van der Waals surface area contributed by atoms with Gasteiger partial charge in [-0.05, 0) is 51.6 Å². The van der Waals surface area contributed by atoms with Crippen molar-refractivity contribution >= 4 is 0 Å². The summed E-state index contributed by atoms with van der Waals surface area (Å²) in [4.78, 5) is 21.4. The van der Waals surface area contributed by atoms with E-state index in [1.807, 2.05) is 45.2 Å². The smallest absolute Gasteiger partial charge is 0.268 e. The van der Waals surface area contributed by atoms with Crippen LogP contribution in [0, 0.1) is 18.3 Å². The zero-order valence-corrected chi connectivity index (χ0v) is 18.8. The first-order valence-electron chi connectivity index (χ1n) is 10.5. The first kappa shape index (κ1) is 22.0. The Kier molecular flexibility index (Phi) is 6.11. The van der Waals surface area contributed by atoms with Gasteiger partial charge < -0.3 is 9.73 Å². The Hall–Kier alpha value is -4.16. The van der Waals surface area contributed by atoms with Crippen molar-refractivity contribution in [2.75, 3.05) is 7.05 Å². The van der Waals surface area contributed by atoms with Crippen LogP contribution in [-0.4, -0.2) is 31.8 Å². The number of aromatic nitrogens is 5. The maximum atomic E-state index is 12.3. The molecule has 166 valence electrons. The molecule has 0 aliphatic carbocycles. The first-order valence-corrected chi connectivity index (χ1v) is 10.5. The summed E-state index contributed by atoms with van der Waals surface area (Å²) in [5, 5.41) is 21.2. The van der Waals surface area contributed by atoms with E-state index in [1.54, 1.807) is 19.2 Å². The number of hydrogen-bond acceptors (Lipinski definition) is 8. The van der Waals surface area contributed by atoms with Crippen molar-refractivity contribution in [3.05, 3.63) is 69.9 Å². The molecule has 1 N–H and O–H groups in total. The summed E-state index contributed by atoms with van der Waals surface area (Å²) in [5.74, 6) is 0.602. The van der Waals surface area contributed by atoms with Gasteiger partial charge in [-0.25, -0.2) is 4.98 Å². The normalized spacial score (nSPS) is 11.0. The molecular formula is C24H23N7O2. The van der Waals surface area contributed by atoms with Crippen LogP contribution >= 0.6 is 0 Å². The fourth-order valence-corrected chi connectivity index (χ4v) is 3.57. The molecule has 4 rings (SSSR count). The highest BCUT2D eigenvalue weighted by Gasteiger charge is 2.19. The second-order valence-corrected chi connectivity index (χ2v) is 7.84. The SMILES string of the molecule is CNCc1ccc(-c2nnc(-c3nc(-c4ccc(=O)n(C(C)C)c4C#N)cnc3C)o2)cc1. The molecule has 0 aliphatic rings. The molecule has 4 aromatic rings. The quantitative estimate of drug-likeness (QED) is 0.482. The van der Waals surface area contributed by atoms with Crippen LogP contribution in [0.25, 0.3) is 34.3 Å². The molecule has 0 unspecified atom stereocenters. The van der Waals surface area contributed by atoms with Crippen molar-refractivity contribution in [1.29, 1.82) is 5.26 Å². The zero-order valence-electron chi connectivity index (χ0n) is 18.8. The Morgan fingerprint density at radius 3 is 2.52 bits per heavy atom. The number of nitrogens with zero attached hydrogens (tertiary/aromatic N) is 6. The first-order chi connectivity index (χ1) is 15.9. The summed E-state index contributed by atoms with van der Waals surface area (Å²) in [7, 11) is 1.90. The summed E-state index contributed by atoms with van der Waals surface area (Å²) >= 11 is 0. The van der Waals surface area contributed by atoms with Gasteiger partial charge in [0.05, 0.1) is 17.6 Å². The van der Waals surface area contributed by atoms with E-state index in [0.717, 1.165) is 17.7 Å². The van der Waals surface area contributed by atoms with Crippen LogP contribution in [0.5, 0.6) is 0 Å². The average Bonchev–Trinajstić information content (AvgIpc) is 3.29. The number of nitrogens with one attached hydrogen (secondary N) is 1. The number of nitriles is 1. The lowest BCUT2D eigenvalue weighted by Gasteiger charge is -2.15. The third-order valence-electron chi connectivity index (χ3n) is 5.19. The lowest BCUT2D eigenvalue weighted by molar-refractivity contribution is 0.572. The summed E-state index contributed by atoms with van der Waals surface area (Å²) < 4.78 is 7.35. The van der Waals surface area contributed by atoms with E-state index in [0.29, 0.717) is 28.5 Å². The monoisotopic (exact) mass is 441 g/mol.